The number of esters is 2. The molecule has 10 heteroatoms. The Bertz CT molecular complexity index is 1290. The molecule has 0 radical (unpaired) electrons. The van der Waals surface area contributed by atoms with Crippen molar-refractivity contribution in [1.82, 2.24) is 10.3 Å². The second-order valence-electron chi connectivity index (χ2n) is 10.5. The van der Waals surface area contributed by atoms with Gasteiger partial charge in [-0.3, -0.25) is 9.59 Å². The van der Waals surface area contributed by atoms with E-state index < -0.39 is 35.8 Å². The highest BCUT2D eigenvalue weighted by molar-refractivity contribution is 7.13. The SMILES string of the molecule is CC(=O)OC(CC(Cc1ccccc1)c1ncc(C(=O)OCC=O)s1)C(Cc1ccccc1)NC(=O)OC(C)(C)C. The molecule has 0 bridgehead atoms. The van der Waals surface area contributed by atoms with E-state index in [0.717, 1.165) is 22.5 Å². The molecule has 3 unspecified atom stereocenters. The molecule has 3 rings (SSSR count). The van der Waals surface area contributed by atoms with E-state index in [0.29, 0.717) is 30.6 Å². The number of hydrogen-bond acceptors (Lipinski definition) is 9. The van der Waals surface area contributed by atoms with Crippen molar-refractivity contribution < 1.29 is 33.4 Å². The van der Waals surface area contributed by atoms with Crippen LogP contribution in [-0.2, 0) is 36.6 Å². The third-order valence-corrected chi connectivity index (χ3v) is 7.10. The fourth-order valence-electron chi connectivity index (χ4n) is 4.31. The number of hydrogen-bond donors (Lipinski definition) is 1. The van der Waals surface area contributed by atoms with E-state index in [-0.39, 0.29) is 17.4 Å². The topological polar surface area (TPSA) is 121 Å². The lowest BCUT2D eigenvalue weighted by atomic mass is 9.89. The maximum absolute atomic E-state index is 12.9. The van der Waals surface area contributed by atoms with Crippen LogP contribution in [0.2, 0.25) is 0 Å². The Kier molecular flexibility index (Phi) is 11.6. The maximum Gasteiger partial charge on any atom is 0.408 e. The van der Waals surface area contributed by atoms with Gasteiger partial charge in [0.05, 0.1) is 17.2 Å². The first-order valence-corrected chi connectivity index (χ1v) is 14.2. The summed E-state index contributed by atoms with van der Waals surface area (Å²) in [5.74, 6) is -1.41. The van der Waals surface area contributed by atoms with Crippen molar-refractivity contribution in [3.05, 3.63) is 87.9 Å². The Hall–Kier alpha value is -4.05. The van der Waals surface area contributed by atoms with Gasteiger partial charge in [0.2, 0.25) is 0 Å². The number of aromatic nitrogens is 1. The van der Waals surface area contributed by atoms with Crippen LogP contribution in [0.15, 0.2) is 66.9 Å². The lowest BCUT2D eigenvalue weighted by Crippen LogP contribution is -2.48. The van der Waals surface area contributed by atoms with Gasteiger partial charge in [-0.05, 0) is 51.2 Å². The highest BCUT2D eigenvalue weighted by Gasteiger charge is 2.32. The predicted octanol–water partition coefficient (Wildman–Crippen LogP) is 5.28. The quantitative estimate of drug-likeness (QED) is 0.165. The normalized spacial score (nSPS) is 13.4. The first-order valence-electron chi connectivity index (χ1n) is 13.3. The molecular formula is C31H36N2O7S. The number of nitrogens with zero attached hydrogens (tertiary/aromatic N) is 1. The molecule has 1 aromatic heterocycles. The van der Waals surface area contributed by atoms with Crippen molar-refractivity contribution in [2.24, 2.45) is 0 Å². The molecule has 0 aliphatic rings. The summed E-state index contributed by atoms with van der Waals surface area (Å²) in [7, 11) is 0. The summed E-state index contributed by atoms with van der Waals surface area (Å²) in [6, 6.07) is 18.7. The number of amides is 1. The van der Waals surface area contributed by atoms with Crippen molar-refractivity contribution in [3.63, 3.8) is 0 Å². The molecule has 0 aliphatic carbocycles. The zero-order chi connectivity index (χ0) is 29.8. The van der Waals surface area contributed by atoms with Crippen LogP contribution in [0.25, 0.3) is 0 Å². The van der Waals surface area contributed by atoms with Gasteiger partial charge in [0.1, 0.15) is 23.2 Å². The molecular weight excluding hydrogens is 544 g/mol. The molecule has 41 heavy (non-hydrogen) atoms. The van der Waals surface area contributed by atoms with Gasteiger partial charge >= 0.3 is 18.0 Å². The molecule has 1 amide bonds. The predicted molar refractivity (Wildman–Crippen MR) is 155 cm³/mol. The first-order chi connectivity index (χ1) is 19.5. The minimum atomic E-state index is -0.747. The average Bonchev–Trinajstić information content (AvgIpc) is 3.41. The molecule has 0 spiro atoms. The number of thiazole rings is 1. The molecule has 0 saturated carbocycles. The van der Waals surface area contributed by atoms with E-state index in [4.69, 9.17) is 14.2 Å². The largest absolute Gasteiger partial charge is 0.460 e. The third-order valence-electron chi connectivity index (χ3n) is 5.96. The molecule has 218 valence electrons. The maximum atomic E-state index is 12.9. The minimum absolute atomic E-state index is 0.261. The van der Waals surface area contributed by atoms with Gasteiger partial charge < -0.3 is 19.5 Å². The number of carbonyl (C=O) groups excluding carboxylic acids is 4. The number of benzene rings is 2. The first kappa shape index (κ1) is 31.5. The van der Waals surface area contributed by atoms with Crippen LogP contribution >= 0.6 is 11.3 Å². The van der Waals surface area contributed by atoms with Crippen LogP contribution in [0.4, 0.5) is 4.79 Å². The number of alkyl carbamates (subject to hydrolysis) is 1. The van der Waals surface area contributed by atoms with E-state index in [1.54, 1.807) is 20.8 Å². The van der Waals surface area contributed by atoms with Gasteiger partial charge in [-0.15, -0.1) is 11.3 Å². The van der Waals surface area contributed by atoms with Crippen LogP contribution in [0.5, 0.6) is 0 Å². The molecule has 2 aromatic carbocycles. The van der Waals surface area contributed by atoms with Crippen LogP contribution in [0.3, 0.4) is 0 Å². The molecule has 0 saturated heterocycles. The van der Waals surface area contributed by atoms with Crippen LogP contribution < -0.4 is 5.32 Å². The van der Waals surface area contributed by atoms with Crippen molar-refractivity contribution in [1.29, 1.82) is 0 Å². The summed E-state index contributed by atoms with van der Waals surface area (Å²) in [6.07, 6.45) is 1.79. The van der Waals surface area contributed by atoms with Gasteiger partial charge in [0, 0.05) is 12.8 Å². The van der Waals surface area contributed by atoms with E-state index in [9.17, 15) is 19.2 Å². The van der Waals surface area contributed by atoms with E-state index in [1.165, 1.54) is 13.1 Å². The standard InChI is InChI=1S/C31H36N2O7S/c1-21(35)39-26(25(18-23-13-9-6-10-14-23)33-30(37)40-31(2,3)4)19-24(17-22-11-7-5-8-12-22)28-32-20-27(41-28)29(36)38-16-15-34/h5-15,20,24-26H,16-19H2,1-4H3,(H,33,37). The van der Waals surface area contributed by atoms with Crippen molar-refractivity contribution in [2.45, 2.75) is 70.6 Å². The molecule has 3 aromatic rings. The molecule has 9 nitrogen and oxygen atoms in total. The highest BCUT2D eigenvalue weighted by Crippen LogP contribution is 2.32. The van der Waals surface area contributed by atoms with E-state index in [2.05, 4.69) is 10.3 Å². The smallest absolute Gasteiger partial charge is 0.408 e. The van der Waals surface area contributed by atoms with E-state index >= 15 is 0 Å². The van der Waals surface area contributed by atoms with Crippen LogP contribution in [0, 0.1) is 0 Å². The second kappa shape index (κ2) is 15.1. The molecule has 1 N–H and O–H groups in total. The van der Waals surface area contributed by atoms with Crippen molar-refractivity contribution >= 4 is 35.7 Å². The Morgan fingerprint density at radius 3 is 2.15 bits per heavy atom. The van der Waals surface area contributed by atoms with Gasteiger partial charge in [-0.25, -0.2) is 14.6 Å². The lowest BCUT2D eigenvalue weighted by Gasteiger charge is -2.31. The van der Waals surface area contributed by atoms with Gasteiger partial charge in [0.25, 0.3) is 0 Å². The summed E-state index contributed by atoms with van der Waals surface area (Å²) in [6.45, 7) is 6.32. The van der Waals surface area contributed by atoms with Crippen molar-refractivity contribution in [2.75, 3.05) is 6.61 Å². The number of rotatable bonds is 13. The molecule has 0 fully saturated rings. The third kappa shape index (κ3) is 10.8. The molecule has 1 heterocycles. The van der Waals surface area contributed by atoms with Crippen LogP contribution in [-0.4, -0.2) is 53.7 Å². The number of aldehydes is 1. The second-order valence-corrected chi connectivity index (χ2v) is 11.6. The molecule has 0 aliphatic heterocycles. The van der Waals surface area contributed by atoms with Crippen LogP contribution in [0.1, 0.15) is 65.8 Å². The van der Waals surface area contributed by atoms with E-state index in [1.807, 2.05) is 60.7 Å². The number of nitrogens with one attached hydrogen (secondary N) is 1. The Morgan fingerprint density at radius 2 is 1.59 bits per heavy atom. The van der Waals surface area contributed by atoms with Gasteiger partial charge in [0.15, 0.2) is 6.29 Å². The summed E-state index contributed by atoms with van der Waals surface area (Å²) < 4.78 is 16.3. The number of carbonyl (C=O) groups is 4. The zero-order valence-corrected chi connectivity index (χ0v) is 24.5. The zero-order valence-electron chi connectivity index (χ0n) is 23.7. The minimum Gasteiger partial charge on any atom is -0.460 e. The fraction of sp³-hybridized carbons (Fsp3) is 0.387. The monoisotopic (exact) mass is 580 g/mol. The summed E-state index contributed by atoms with van der Waals surface area (Å²) in [4.78, 5) is 53.0. The Morgan fingerprint density at radius 1 is 0.976 bits per heavy atom. The Balaban J connectivity index is 1.96. The highest BCUT2D eigenvalue weighted by atomic mass is 32.1. The van der Waals surface area contributed by atoms with Gasteiger partial charge in [-0.2, -0.15) is 0 Å². The Labute approximate surface area is 244 Å². The molecule has 3 atom stereocenters. The summed E-state index contributed by atoms with van der Waals surface area (Å²) in [5.41, 5.74) is 1.25. The average molecular weight is 581 g/mol. The summed E-state index contributed by atoms with van der Waals surface area (Å²) >= 11 is 1.16. The number of ether oxygens (including phenoxy) is 3. The fourth-order valence-corrected chi connectivity index (χ4v) is 5.24. The summed E-state index contributed by atoms with van der Waals surface area (Å²) in [5, 5.41) is 3.57. The lowest BCUT2D eigenvalue weighted by molar-refractivity contribution is -0.148. The van der Waals surface area contributed by atoms with Crippen molar-refractivity contribution in [3.8, 4) is 0 Å². The van der Waals surface area contributed by atoms with Gasteiger partial charge in [-0.1, -0.05) is 60.7 Å².